The van der Waals surface area contributed by atoms with Crippen molar-refractivity contribution in [1.82, 2.24) is 15.2 Å². The van der Waals surface area contributed by atoms with E-state index in [2.05, 4.69) is 19.9 Å². The van der Waals surface area contributed by atoms with Crippen LogP contribution in [0.3, 0.4) is 0 Å². The van der Waals surface area contributed by atoms with Crippen LogP contribution in [0.4, 0.5) is 11.6 Å². The van der Waals surface area contributed by atoms with E-state index in [1.807, 2.05) is 0 Å². The number of nitrogens with one attached hydrogen (secondary N) is 1. The van der Waals surface area contributed by atoms with Crippen molar-refractivity contribution in [2.24, 2.45) is 0 Å². The molecule has 0 aliphatic carbocycles. The lowest BCUT2D eigenvalue weighted by molar-refractivity contribution is 0.600. The normalized spacial score (nSPS) is 11.3. The summed E-state index contributed by atoms with van der Waals surface area (Å²) in [4.78, 5) is 3.72. The molecule has 3 N–H and O–H groups in total. The third-order valence-corrected chi connectivity index (χ3v) is 4.10. The van der Waals surface area contributed by atoms with Crippen molar-refractivity contribution >= 4 is 33.3 Å². The topological polar surface area (TPSA) is 111 Å². The van der Waals surface area contributed by atoms with Crippen LogP contribution < -0.4 is 10.5 Å². The highest BCUT2D eigenvalue weighted by Crippen LogP contribution is 2.27. The van der Waals surface area contributed by atoms with Crippen LogP contribution in [-0.2, 0) is 10.0 Å². The molecule has 0 bridgehead atoms. The molecule has 2 rings (SSSR count). The summed E-state index contributed by atoms with van der Waals surface area (Å²) in [6.07, 6.45) is 2.66. The van der Waals surface area contributed by atoms with E-state index >= 15 is 0 Å². The number of nitrogens with zero attached hydrogens (tertiary/aromatic N) is 3. The highest BCUT2D eigenvalue weighted by Gasteiger charge is 2.18. The summed E-state index contributed by atoms with van der Waals surface area (Å²) in [7, 11) is -3.83. The minimum Gasteiger partial charge on any atom is -0.397 e. The molecule has 0 unspecified atom stereocenters. The second-order valence-electron chi connectivity index (χ2n) is 3.72. The Balaban J connectivity index is 2.40. The van der Waals surface area contributed by atoms with Gasteiger partial charge in [-0.3, -0.25) is 0 Å². The Morgan fingerprint density at radius 3 is 2.63 bits per heavy atom. The van der Waals surface area contributed by atoms with Gasteiger partial charge in [-0.1, -0.05) is 11.6 Å². The van der Waals surface area contributed by atoms with Gasteiger partial charge in [0.15, 0.2) is 0 Å². The van der Waals surface area contributed by atoms with Crippen molar-refractivity contribution in [1.29, 1.82) is 0 Å². The number of hydrogen-bond acceptors (Lipinski definition) is 6. The quantitative estimate of drug-likeness (QED) is 0.824. The van der Waals surface area contributed by atoms with E-state index in [1.165, 1.54) is 24.5 Å². The Labute approximate surface area is 114 Å². The van der Waals surface area contributed by atoms with Crippen LogP contribution in [-0.4, -0.2) is 23.6 Å². The molecule has 1 heterocycles. The summed E-state index contributed by atoms with van der Waals surface area (Å²) >= 11 is 5.88. The van der Waals surface area contributed by atoms with E-state index in [0.29, 0.717) is 10.6 Å². The molecular formula is C10H10ClN5O2S. The van der Waals surface area contributed by atoms with Crippen LogP contribution in [0, 0.1) is 6.92 Å². The van der Waals surface area contributed by atoms with Gasteiger partial charge in [-0.15, -0.1) is 5.10 Å². The summed E-state index contributed by atoms with van der Waals surface area (Å²) in [6, 6.07) is 2.69. The van der Waals surface area contributed by atoms with Crippen molar-refractivity contribution in [3.8, 4) is 0 Å². The predicted octanol–water partition coefficient (Wildman–Crippen LogP) is 1.22. The molecule has 7 nitrogen and oxygen atoms in total. The number of rotatable bonds is 3. The molecule has 9 heteroatoms. The molecule has 0 saturated carbocycles. The molecule has 19 heavy (non-hydrogen) atoms. The van der Waals surface area contributed by atoms with Crippen LogP contribution >= 0.6 is 11.6 Å². The van der Waals surface area contributed by atoms with Crippen molar-refractivity contribution in [2.45, 2.75) is 11.8 Å². The average Bonchev–Trinajstić information content (AvgIpc) is 2.36. The molecule has 0 atom stereocenters. The summed E-state index contributed by atoms with van der Waals surface area (Å²) in [5.41, 5.74) is 6.40. The Kier molecular flexibility index (Phi) is 3.54. The highest BCUT2D eigenvalue weighted by atomic mass is 35.5. The number of aromatic nitrogens is 3. The summed E-state index contributed by atoms with van der Waals surface area (Å²) in [5.74, 6) is -0.117. The van der Waals surface area contributed by atoms with Crippen LogP contribution in [0.2, 0.25) is 5.02 Å². The lowest BCUT2D eigenvalue weighted by Gasteiger charge is -2.09. The first-order valence-electron chi connectivity index (χ1n) is 5.12. The zero-order valence-electron chi connectivity index (χ0n) is 9.83. The maximum Gasteiger partial charge on any atom is 0.264 e. The summed E-state index contributed by atoms with van der Waals surface area (Å²) in [6.45, 7) is 1.66. The molecular weight excluding hydrogens is 290 g/mol. The average molecular weight is 300 g/mol. The number of hydrogen-bond donors (Lipinski definition) is 2. The van der Waals surface area contributed by atoms with E-state index in [-0.39, 0.29) is 16.5 Å². The minimum absolute atomic E-state index is 0.0145. The number of sulfonamides is 1. The Bertz CT molecular complexity index is 682. The molecule has 0 spiro atoms. The first-order chi connectivity index (χ1) is 8.90. The van der Waals surface area contributed by atoms with E-state index in [0.717, 1.165) is 0 Å². The molecule has 1 aromatic heterocycles. The third kappa shape index (κ3) is 2.91. The molecule has 0 aliphatic rings. The standard InChI is InChI=1S/C10H10ClN5O2S/c1-6-4-7(5-8(12)9(6)11)19(17,18)16-10-13-2-3-14-15-10/h2-5H,12H2,1H3,(H,13,15,16). The number of nitrogens with two attached hydrogens (primary N) is 1. The largest absolute Gasteiger partial charge is 0.397 e. The number of benzene rings is 1. The summed E-state index contributed by atoms with van der Waals surface area (Å²) in [5, 5.41) is 7.40. The second kappa shape index (κ2) is 4.98. The van der Waals surface area contributed by atoms with Gasteiger partial charge in [0, 0.05) is 0 Å². The molecule has 0 aliphatic heterocycles. The monoisotopic (exact) mass is 299 g/mol. The lowest BCUT2D eigenvalue weighted by atomic mass is 10.2. The van der Waals surface area contributed by atoms with E-state index in [1.54, 1.807) is 6.92 Å². The van der Waals surface area contributed by atoms with Crippen LogP contribution in [0.15, 0.2) is 29.4 Å². The Hall–Kier alpha value is -1.93. The van der Waals surface area contributed by atoms with Gasteiger partial charge in [0.25, 0.3) is 16.0 Å². The Morgan fingerprint density at radius 1 is 1.32 bits per heavy atom. The SMILES string of the molecule is Cc1cc(S(=O)(=O)Nc2nccnn2)cc(N)c1Cl. The number of anilines is 2. The zero-order chi connectivity index (χ0) is 14.0. The van der Waals surface area contributed by atoms with Gasteiger partial charge in [-0.05, 0) is 24.6 Å². The maximum absolute atomic E-state index is 12.1. The number of aryl methyl sites for hydroxylation is 1. The minimum atomic E-state index is -3.83. The fraction of sp³-hybridized carbons (Fsp3) is 0.100. The van der Waals surface area contributed by atoms with Gasteiger partial charge in [0.05, 0.1) is 28.0 Å². The fourth-order valence-electron chi connectivity index (χ4n) is 1.39. The molecule has 0 radical (unpaired) electrons. The summed E-state index contributed by atoms with van der Waals surface area (Å²) < 4.78 is 26.4. The van der Waals surface area contributed by atoms with Gasteiger partial charge in [0.2, 0.25) is 0 Å². The maximum atomic E-state index is 12.1. The lowest BCUT2D eigenvalue weighted by Crippen LogP contribution is -2.15. The van der Waals surface area contributed by atoms with Crippen LogP contribution in [0.5, 0.6) is 0 Å². The van der Waals surface area contributed by atoms with Crippen molar-refractivity contribution in [2.75, 3.05) is 10.5 Å². The van der Waals surface area contributed by atoms with Gasteiger partial charge in [-0.25, -0.2) is 18.1 Å². The van der Waals surface area contributed by atoms with E-state index in [9.17, 15) is 8.42 Å². The smallest absolute Gasteiger partial charge is 0.264 e. The molecule has 1 aromatic carbocycles. The van der Waals surface area contributed by atoms with E-state index in [4.69, 9.17) is 17.3 Å². The third-order valence-electron chi connectivity index (χ3n) is 2.27. The molecule has 100 valence electrons. The van der Waals surface area contributed by atoms with Gasteiger partial charge >= 0.3 is 0 Å². The van der Waals surface area contributed by atoms with Crippen molar-refractivity contribution in [3.63, 3.8) is 0 Å². The Morgan fingerprint density at radius 2 is 2.05 bits per heavy atom. The van der Waals surface area contributed by atoms with Crippen molar-refractivity contribution < 1.29 is 8.42 Å². The first-order valence-corrected chi connectivity index (χ1v) is 6.98. The fourth-order valence-corrected chi connectivity index (χ4v) is 2.57. The molecule has 0 fully saturated rings. The first kappa shape index (κ1) is 13.5. The molecule has 2 aromatic rings. The van der Waals surface area contributed by atoms with Crippen LogP contribution in [0.1, 0.15) is 5.56 Å². The van der Waals surface area contributed by atoms with Crippen LogP contribution in [0.25, 0.3) is 0 Å². The predicted molar refractivity (Wildman–Crippen MR) is 71.2 cm³/mol. The number of nitrogen functional groups attached to an aromatic ring is 1. The van der Waals surface area contributed by atoms with Gasteiger partial charge < -0.3 is 5.73 Å². The van der Waals surface area contributed by atoms with E-state index < -0.39 is 10.0 Å². The second-order valence-corrected chi connectivity index (χ2v) is 5.78. The zero-order valence-corrected chi connectivity index (χ0v) is 11.4. The molecule has 0 saturated heterocycles. The van der Waals surface area contributed by atoms with Gasteiger partial charge in [0.1, 0.15) is 0 Å². The van der Waals surface area contributed by atoms with Crippen molar-refractivity contribution in [3.05, 3.63) is 35.1 Å². The molecule has 0 amide bonds. The number of halogens is 1. The van der Waals surface area contributed by atoms with Gasteiger partial charge in [-0.2, -0.15) is 5.10 Å². The highest BCUT2D eigenvalue weighted by molar-refractivity contribution is 7.92.